The molecule has 0 aliphatic carbocycles. The Hall–Kier alpha value is -2.63. The highest BCUT2D eigenvalue weighted by atomic mass is 16.2. The van der Waals surface area contributed by atoms with Crippen molar-refractivity contribution in [1.82, 2.24) is 15.1 Å². The molecule has 3 heterocycles. The average molecular weight is 394 g/mol. The Bertz CT molecular complexity index is 858. The van der Waals surface area contributed by atoms with E-state index < -0.39 is 0 Å². The quantitative estimate of drug-likeness (QED) is 0.801. The molecular formula is C23H31N5O. The first kappa shape index (κ1) is 19.7. The SMILES string of the molecule is Cc1cccc(N2CCN(C(=O)c3ccc(N4CCCC(C)C4)nn3)CC2)c1C. The van der Waals surface area contributed by atoms with E-state index in [1.54, 1.807) is 0 Å². The van der Waals surface area contributed by atoms with Crippen LogP contribution in [0.15, 0.2) is 30.3 Å². The minimum Gasteiger partial charge on any atom is -0.368 e. The van der Waals surface area contributed by atoms with Crippen molar-refractivity contribution in [3.63, 3.8) is 0 Å². The van der Waals surface area contributed by atoms with Gasteiger partial charge in [-0.1, -0.05) is 19.1 Å². The standard InChI is InChI=1S/C23H31N5O/c1-17-6-5-11-28(16-17)22-10-9-20(24-25-22)23(29)27-14-12-26(13-15-27)21-8-4-7-18(2)19(21)3/h4,7-10,17H,5-6,11-16H2,1-3H3. The van der Waals surface area contributed by atoms with Gasteiger partial charge in [-0.2, -0.15) is 0 Å². The predicted molar refractivity (Wildman–Crippen MR) is 117 cm³/mol. The normalized spacial score (nSPS) is 20.1. The fourth-order valence-corrected chi connectivity index (χ4v) is 4.40. The zero-order chi connectivity index (χ0) is 20.4. The molecule has 0 radical (unpaired) electrons. The van der Waals surface area contributed by atoms with Crippen LogP contribution in [0.1, 0.15) is 41.4 Å². The van der Waals surface area contributed by atoms with Gasteiger partial charge in [-0.05, 0) is 61.9 Å². The largest absolute Gasteiger partial charge is 0.368 e. The Balaban J connectivity index is 1.37. The highest BCUT2D eigenvalue weighted by Gasteiger charge is 2.25. The molecule has 6 nitrogen and oxygen atoms in total. The molecule has 0 bridgehead atoms. The number of hydrogen-bond acceptors (Lipinski definition) is 5. The van der Waals surface area contributed by atoms with Gasteiger partial charge >= 0.3 is 0 Å². The monoisotopic (exact) mass is 393 g/mol. The Morgan fingerprint density at radius 2 is 1.76 bits per heavy atom. The third-order valence-corrected chi connectivity index (χ3v) is 6.33. The van der Waals surface area contributed by atoms with Crippen molar-refractivity contribution < 1.29 is 4.79 Å². The van der Waals surface area contributed by atoms with Crippen molar-refractivity contribution in [3.8, 4) is 0 Å². The molecule has 154 valence electrons. The number of benzene rings is 1. The summed E-state index contributed by atoms with van der Waals surface area (Å²) in [5.41, 5.74) is 4.34. The number of carbonyl (C=O) groups excluding carboxylic acids is 1. The van der Waals surface area contributed by atoms with Gasteiger partial charge in [0.15, 0.2) is 11.5 Å². The summed E-state index contributed by atoms with van der Waals surface area (Å²) in [7, 11) is 0. The number of aromatic nitrogens is 2. The first-order valence-electron chi connectivity index (χ1n) is 10.7. The zero-order valence-corrected chi connectivity index (χ0v) is 17.8. The summed E-state index contributed by atoms with van der Waals surface area (Å²) < 4.78 is 0. The molecule has 29 heavy (non-hydrogen) atoms. The third-order valence-electron chi connectivity index (χ3n) is 6.33. The third kappa shape index (κ3) is 4.21. The van der Waals surface area contributed by atoms with Crippen LogP contribution in [0.5, 0.6) is 0 Å². The van der Waals surface area contributed by atoms with Crippen molar-refractivity contribution >= 4 is 17.4 Å². The van der Waals surface area contributed by atoms with Crippen molar-refractivity contribution in [3.05, 3.63) is 47.2 Å². The second-order valence-electron chi connectivity index (χ2n) is 8.47. The molecule has 1 aromatic heterocycles. The number of nitrogens with zero attached hydrogens (tertiary/aromatic N) is 5. The Kier molecular flexibility index (Phi) is 5.69. The van der Waals surface area contributed by atoms with Crippen LogP contribution in [-0.4, -0.2) is 60.3 Å². The summed E-state index contributed by atoms with van der Waals surface area (Å²) in [5.74, 6) is 1.55. The maximum Gasteiger partial charge on any atom is 0.274 e. The molecular weight excluding hydrogens is 362 g/mol. The fraction of sp³-hybridized carbons (Fsp3) is 0.522. The number of piperidine rings is 1. The van der Waals surface area contributed by atoms with Crippen LogP contribution in [0, 0.1) is 19.8 Å². The number of anilines is 2. The van der Waals surface area contributed by atoms with Crippen molar-refractivity contribution in [2.24, 2.45) is 5.92 Å². The second-order valence-corrected chi connectivity index (χ2v) is 8.47. The number of amides is 1. The first-order valence-corrected chi connectivity index (χ1v) is 10.7. The van der Waals surface area contributed by atoms with E-state index in [-0.39, 0.29) is 5.91 Å². The maximum atomic E-state index is 12.9. The minimum absolute atomic E-state index is 0.0170. The lowest BCUT2D eigenvalue weighted by atomic mass is 10.0. The van der Waals surface area contributed by atoms with Crippen molar-refractivity contribution in [2.45, 2.75) is 33.6 Å². The maximum absolute atomic E-state index is 12.9. The predicted octanol–water partition coefficient (Wildman–Crippen LogP) is 3.29. The van der Waals surface area contributed by atoms with Gasteiger partial charge in [0.05, 0.1) is 0 Å². The van der Waals surface area contributed by atoms with Crippen LogP contribution in [0.4, 0.5) is 11.5 Å². The number of piperazine rings is 1. The van der Waals surface area contributed by atoms with Gasteiger partial charge in [-0.3, -0.25) is 4.79 Å². The smallest absolute Gasteiger partial charge is 0.274 e. The molecule has 4 rings (SSSR count). The zero-order valence-electron chi connectivity index (χ0n) is 17.8. The van der Waals surface area contributed by atoms with Crippen LogP contribution in [0.2, 0.25) is 0 Å². The van der Waals surface area contributed by atoms with E-state index in [0.717, 1.165) is 32.0 Å². The Morgan fingerprint density at radius 1 is 0.966 bits per heavy atom. The van der Waals surface area contributed by atoms with Gasteiger partial charge in [0, 0.05) is 45.0 Å². The molecule has 0 saturated carbocycles. The van der Waals surface area contributed by atoms with E-state index in [4.69, 9.17) is 0 Å². The highest BCUT2D eigenvalue weighted by molar-refractivity contribution is 5.92. The molecule has 1 atom stereocenters. The summed E-state index contributed by atoms with van der Waals surface area (Å²) >= 11 is 0. The van der Waals surface area contributed by atoms with Crippen molar-refractivity contribution in [1.29, 1.82) is 0 Å². The molecule has 1 unspecified atom stereocenters. The minimum atomic E-state index is -0.0170. The Morgan fingerprint density at radius 3 is 2.45 bits per heavy atom. The van der Waals surface area contributed by atoms with E-state index in [1.165, 1.54) is 29.7 Å². The molecule has 2 aliphatic heterocycles. The van der Waals surface area contributed by atoms with Crippen LogP contribution in [0.25, 0.3) is 0 Å². The van der Waals surface area contributed by atoms with Crippen molar-refractivity contribution in [2.75, 3.05) is 49.1 Å². The molecule has 2 aliphatic rings. The van der Waals surface area contributed by atoms with Gasteiger partial charge in [0.25, 0.3) is 5.91 Å². The van der Waals surface area contributed by atoms with Gasteiger partial charge in [0.1, 0.15) is 0 Å². The fourth-order valence-electron chi connectivity index (χ4n) is 4.40. The number of carbonyl (C=O) groups is 1. The average Bonchev–Trinajstić information content (AvgIpc) is 2.75. The number of aryl methyl sites for hydroxylation is 1. The van der Waals surface area contributed by atoms with Crippen LogP contribution in [0.3, 0.4) is 0 Å². The van der Waals surface area contributed by atoms with E-state index in [2.05, 4.69) is 59.0 Å². The molecule has 0 spiro atoms. The Labute approximate surface area is 173 Å². The molecule has 2 aromatic rings. The summed E-state index contributed by atoms with van der Waals surface area (Å²) in [5, 5.41) is 8.62. The van der Waals surface area contributed by atoms with Crippen LogP contribution in [-0.2, 0) is 0 Å². The first-order chi connectivity index (χ1) is 14.0. The number of hydrogen-bond donors (Lipinski definition) is 0. The molecule has 6 heteroatoms. The lowest BCUT2D eigenvalue weighted by Gasteiger charge is -2.37. The summed E-state index contributed by atoms with van der Waals surface area (Å²) in [4.78, 5) is 19.4. The molecule has 1 amide bonds. The summed E-state index contributed by atoms with van der Waals surface area (Å²) in [6, 6.07) is 10.2. The topological polar surface area (TPSA) is 52.6 Å². The second kappa shape index (κ2) is 8.39. The van der Waals surface area contributed by atoms with Gasteiger partial charge in [-0.25, -0.2) is 0 Å². The van der Waals surface area contributed by atoms with E-state index >= 15 is 0 Å². The van der Waals surface area contributed by atoms with Gasteiger partial charge in [0.2, 0.25) is 0 Å². The number of rotatable bonds is 3. The summed E-state index contributed by atoms with van der Waals surface area (Å²) in [6.45, 7) is 11.7. The lowest BCUT2D eigenvalue weighted by molar-refractivity contribution is 0.0739. The highest BCUT2D eigenvalue weighted by Crippen LogP contribution is 2.24. The summed E-state index contributed by atoms with van der Waals surface area (Å²) in [6.07, 6.45) is 2.46. The van der Waals surface area contributed by atoms with Gasteiger partial charge in [-0.15, -0.1) is 10.2 Å². The van der Waals surface area contributed by atoms with Gasteiger partial charge < -0.3 is 14.7 Å². The lowest BCUT2D eigenvalue weighted by Crippen LogP contribution is -2.49. The molecule has 1 aromatic carbocycles. The van der Waals surface area contributed by atoms with E-state index in [1.807, 2.05) is 17.0 Å². The van der Waals surface area contributed by atoms with Crippen LogP contribution < -0.4 is 9.80 Å². The van der Waals surface area contributed by atoms with E-state index in [9.17, 15) is 4.79 Å². The molecule has 2 saturated heterocycles. The molecule has 2 fully saturated rings. The molecule has 0 N–H and O–H groups in total. The van der Waals surface area contributed by atoms with E-state index in [0.29, 0.717) is 24.7 Å². The van der Waals surface area contributed by atoms with Crippen LogP contribution >= 0.6 is 0 Å².